The van der Waals surface area contributed by atoms with Gasteiger partial charge in [-0.3, -0.25) is 0 Å². The Kier molecular flexibility index (Phi) is 21.1. The summed E-state index contributed by atoms with van der Waals surface area (Å²) < 4.78 is 157. The first-order chi connectivity index (χ1) is 60.5. The number of aryl methyl sites for hydroxylation is 12. The minimum Gasteiger partial charge on any atom is -0.201 e. The van der Waals surface area contributed by atoms with Crippen molar-refractivity contribution in [3.8, 4) is 89.5 Å². The van der Waals surface area contributed by atoms with E-state index in [0.717, 1.165) is 72.7 Å². The zero-order chi connectivity index (χ0) is 100. The Bertz CT molecular complexity index is 6210. The van der Waals surface area contributed by atoms with Crippen LogP contribution in [0.5, 0.6) is 0 Å². The molecule has 0 bridgehead atoms. The van der Waals surface area contributed by atoms with Crippen LogP contribution in [0, 0.1) is 71.3 Å². The first-order valence-corrected chi connectivity index (χ1v) is 54.5. The van der Waals surface area contributed by atoms with Crippen molar-refractivity contribution < 1.29 is 42.9 Å². The molecule has 4 nitrogen and oxygen atoms in total. The van der Waals surface area contributed by atoms with Gasteiger partial charge in [0.15, 0.2) is 24.8 Å². The second-order valence-corrected chi connectivity index (χ2v) is 58.8. The summed E-state index contributed by atoms with van der Waals surface area (Å²) in [6, 6.07) is 68.2. The molecule has 0 fully saturated rings. The van der Waals surface area contributed by atoms with Gasteiger partial charge in [-0.05, 0) is 204 Å². The molecule has 12 rings (SSSR count). The van der Waals surface area contributed by atoms with E-state index in [-0.39, 0.29) is 22.3 Å². The SMILES string of the molecule is [2H]C([2H])([2H])c1c[n+](C)c(-c2cc(-c3ccccc3)c([Si](C)(C)C)cc2C)cc1C([2H])([2H])C(C)(C)C.[2H]C([2H])([2H])c1cc(-c2cc(-c3ccccc3)c([Si](C)(C)C)cc2C)[n+](C)cc1C([2H])([2H])[2H].[2H]C([2H])([2H])c1cc[n+](C)c(-c2cc(-c3ccccc3)c([Si](C)(C)C)cc2C)c1.[2H]C([2H])(c1cc(-c2cc(-c3ccccc3)c([Si](C)(C)C)cc2C)[n+](C)cc1C([2H])([2H])C(C)(C)C)C(C)(C)C. The van der Waals surface area contributed by atoms with E-state index in [9.17, 15) is 2.74 Å². The molecule has 0 amide bonds. The molecule has 8 aromatic carbocycles. The Morgan fingerprint density at radius 3 is 0.852 bits per heavy atom. The molecular weight excluding hydrogens is 1450 g/mol. The summed E-state index contributed by atoms with van der Waals surface area (Å²) in [5, 5.41) is 5.54. The molecule has 0 radical (unpaired) electrons. The lowest BCUT2D eigenvalue weighted by atomic mass is 9.81. The fourth-order valence-corrected chi connectivity index (χ4v) is 21.6. The van der Waals surface area contributed by atoms with Gasteiger partial charge in [-0.1, -0.05) is 307 Å². The molecule has 0 aliphatic rings. The Hall–Kier alpha value is -8.77. The molecule has 0 spiro atoms. The predicted octanol–water partition coefficient (Wildman–Crippen LogP) is 24.8. The van der Waals surface area contributed by atoms with Crippen molar-refractivity contribution in [2.45, 2.75) is 215 Å². The Morgan fingerprint density at radius 2 is 0.548 bits per heavy atom. The first-order valence-electron chi connectivity index (χ1n) is 49.5. The fourth-order valence-electron chi connectivity index (χ4n) is 14.9. The summed E-state index contributed by atoms with van der Waals surface area (Å²) in [5.74, 6) is 0. The molecule has 0 unspecified atom stereocenters. The molecule has 115 heavy (non-hydrogen) atoms. The second kappa shape index (κ2) is 36.0. The summed E-state index contributed by atoms with van der Waals surface area (Å²) in [7, 11) is 0.940. The van der Waals surface area contributed by atoms with Gasteiger partial charge in [0.2, 0.25) is 22.8 Å². The number of aromatic nitrogens is 4. The number of benzene rings is 8. The maximum absolute atomic E-state index is 9.22. The minimum absolute atomic E-state index is 0.0586. The molecule has 4 heterocycles. The van der Waals surface area contributed by atoms with Gasteiger partial charge in [0.05, 0.1) is 32.3 Å². The normalized spacial score (nSPS) is 15.3. The third-order valence-electron chi connectivity index (χ3n) is 20.6. The molecule has 0 atom stereocenters. The van der Waals surface area contributed by atoms with Crippen LogP contribution in [-0.4, -0.2) is 32.3 Å². The summed E-state index contributed by atoms with van der Waals surface area (Å²) in [4.78, 5) is 0. The van der Waals surface area contributed by atoms with Crippen molar-refractivity contribution in [2.75, 3.05) is 0 Å². The molecule has 8 heteroatoms. The molecule has 0 saturated heterocycles. The third-order valence-corrected chi connectivity index (χ3v) is 28.8. The van der Waals surface area contributed by atoms with E-state index in [0.29, 0.717) is 22.4 Å². The molecule has 0 saturated carbocycles. The van der Waals surface area contributed by atoms with E-state index < -0.39 is 95.1 Å². The van der Waals surface area contributed by atoms with Gasteiger partial charge in [0.25, 0.3) is 0 Å². The highest BCUT2D eigenvalue weighted by atomic mass is 28.3. The highest BCUT2D eigenvalue weighted by Crippen LogP contribution is 2.37. The smallest absolute Gasteiger partial charge is 0.201 e. The van der Waals surface area contributed by atoms with Crippen LogP contribution in [0.2, 0.25) is 78.6 Å². The molecule has 0 N–H and O–H groups in total. The predicted molar refractivity (Wildman–Crippen MR) is 513 cm³/mol. The van der Waals surface area contributed by atoms with Crippen molar-refractivity contribution >= 4 is 53.0 Å². The summed E-state index contributed by atoms with van der Waals surface area (Å²) in [6.07, 6.45) is 1.38. The van der Waals surface area contributed by atoms with E-state index >= 15 is 0 Å². The van der Waals surface area contributed by atoms with E-state index in [1.807, 2.05) is 171 Å². The lowest BCUT2D eigenvalue weighted by Gasteiger charge is -2.25. The Balaban J connectivity index is 0.000000200. The van der Waals surface area contributed by atoms with Crippen LogP contribution < -0.4 is 39.0 Å². The number of rotatable bonds is 15. The average Bonchev–Trinajstić information content (AvgIpc) is 0.730. The highest BCUT2D eigenvalue weighted by molar-refractivity contribution is 6.91. The van der Waals surface area contributed by atoms with Crippen molar-refractivity contribution in [3.63, 3.8) is 0 Å². The van der Waals surface area contributed by atoms with Crippen LogP contribution in [0.4, 0.5) is 0 Å². The van der Waals surface area contributed by atoms with E-state index in [1.165, 1.54) is 66.4 Å². The standard InChI is InChI=1S/C32H46NSi.C28H38NSi.C24H30NSi.C23H28NSi/c1-23-17-30(34(9,10)11)28(24-15-13-12-14-16-24)19-27(23)29-18-25(20-31(2,3)4)26(22-33(29)8)21-32(5,6)7;1-20-15-27(30(7,8)9)25(22-13-11-10-12-14-22)17-24(20)26-16-23(18-28(3,4)5)21(2)19-29(26)6;1-17-13-23(25(4)16-19(17)3)21-15-22(20-11-9-8-10-12-20)24(14-18(21)2)26(5,6)7;1-17-12-13-24(3)22(14-17)20-16-21(19-10-8-7-9-11-19)23(15-18(20)2)25(4,5)6/h12-19,22H,20-21H2,1-11H3;10-17,19H,18H2,1-9H3;8-16H,1-7H3;7-16H,1-6H3/q4*+1/i20D2,21D2;2D3,18D2;1D3,3D3;1D3. The van der Waals surface area contributed by atoms with Crippen LogP contribution in [0.25, 0.3) is 89.5 Å². The molecule has 0 aliphatic heterocycles. The van der Waals surface area contributed by atoms with Crippen LogP contribution in [0.15, 0.2) is 225 Å². The first kappa shape index (κ1) is 67.3. The largest absolute Gasteiger partial charge is 0.212 e. The average molecular weight is 1610 g/mol. The number of pyridine rings is 4. The van der Waals surface area contributed by atoms with Gasteiger partial charge in [-0.2, -0.15) is 0 Å². The van der Waals surface area contributed by atoms with Gasteiger partial charge >= 0.3 is 0 Å². The van der Waals surface area contributed by atoms with Crippen LogP contribution in [0.1, 0.15) is 148 Å². The van der Waals surface area contributed by atoms with E-state index in [1.54, 1.807) is 36.0 Å². The van der Waals surface area contributed by atoms with Gasteiger partial charge < -0.3 is 0 Å². The molecule has 0 aliphatic carbocycles. The topological polar surface area (TPSA) is 15.5 Å². The summed E-state index contributed by atoms with van der Waals surface area (Å²) >= 11 is 0. The number of nitrogens with zero attached hydrogens (tertiary/aromatic N) is 4. The van der Waals surface area contributed by atoms with Crippen LogP contribution >= 0.6 is 0 Å². The molecule has 602 valence electrons. The van der Waals surface area contributed by atoms with Gasteiger partial charge in [0, 0.05) is 93.9 Å². The van der Waals surface area contributed by atoms with Gasteiger partial charge in [-0.25, -0.2) is 18.3 Å². The number of hydrogen-bond donors (Lipinski definition) is 0. The highest BCUT2D eigenvalue weighted by Gasteiger charge is 2.32. The maximum Gasteiger partial charge on any atom is 0.212 e. The van der Waals surface area contributed by atoms with Crippen molar-refractivity contribution in [2.24, 2.45) is 44.4 Å². The van der Waals surface area contributed by atoms with Gasteiger partial charge in [-0.15, -0.1) is 0 Å². The van der Waals surface area contributed by atoms with Crippen molar-refractivity contribution in [1.29, 1.82) is 0 Å². The Morgan fingerprint density at radius 1 is 0.270 bits per heavy atom. The van der Waals surface area contributed by atoms with Crippen LogP contribution in [-0.2, 0) is 47.3 Å². The van der Waals surface area contributed by atoms with E-state index in [2.05, 4.69) is 221 Å². The fraction of sp³-hybridized carbons (Fsp3) is 0.364. The van der Waals surface area contributed by atoms with Crippen LogP contribution in [0.3, 0.4) is 0 Å². The van der Waals surface area contributed by atoms with Crippen molar-refractivity contribution in [3.05, 3.63) is 286 Å². The van der Waals surface area contributed by atoms with Crippen molar-refractivity contribution in [1.82, 2.24) is 0 Å². The zero-order valence-electron chi connectivity index (χ0n) is 92.7. The lowest BCUT2D eigenvalue weighted by molar-refractivity contribution is -0.661. The van der Waals surface area contributed by atoms with E-state index in [4.69, 9.17) is 21.9 Å². The monoisotopic (exact) mass is 1610 g/mol. The zero-order valence-corrected chi connectivity index (χ0v) is 78.7. The summed E-state index contributed by atoms with van der Waals surface area (Å²) in [5.41, 5.74) is 20.2. The molecular formula is C107H142N4Si4+4. The minimum atomic E-state index is -2.53. The lowest BCUT2D eigenvalue weighted by Crippen LogP contribution is -2.39. The second-order valence-electron chi connectivity index (χ2n) is 38.6. The summed E-state index contributed by atoms with van der Waals surface area (Å²) in [6.45, 7) is 43.7. The number of hydrogen-bond acceptors (Lipinski definition) is 0. The Labute approximate surface area is 727 Å². The molecule has 12 aromatic rings. The maximum atomic E-state index is 9.22. The third kappa shape index (κ3) is 23.3. The van der Waals surface area contributed by atoms with Gasteiger partial charge in [0.1, 0.15) is 28.2 Å². The molecule has 4 aromatic heterocycles. The quantitative estimate of drug-likeness (QED) is 0.0718.